The third-order valence-corrected chi connectivity index (χ3v) is 4.52. The number of anilines is 1. The van der Waals surface area contributed by atoms with Gasteiger partial charge in [0.05, 0.1) is 13.2 Å². The SMILES string of the molecule is Cl.O=C(CC1COCCN1)Nc1ncc(Cc2ccc(F)cc2F)s1. The Morgan fingerprint density at radius 2 is 2.28 bits per heavy atom. The highest BCUT2D eigenvalue weighted by atomic mass is 35.5. The molecule has 0 spiro atoms. The maximum absolute atomic E-state index is 13.7. The van der Waals surface area contributed by atoms with Crippen molar-refractivity contribution in [1.29, 1.82) is 0 Å². The summed E-state index contributed by atoms with van der Waals surface area (Å²) in [7, 11) is 0. The van der Waals surface area contributed by atoms with Crippen molar-refractivity contribution in [3.63, 3.8) is 0 Å². The smallest absolute Gasteiger partial charge is 0.227 e. The molecule has 0 saturated carbocycles. The summed E-state index contributed by atoms with van der Waals surface area (Å²) in [6.45, 7) is 1.91. The molecule has 2 heterocycles. The van der Waals surface area contributed by atoms with E-state index in [9.17, 15) is 13.6 Å². The van der Waals surface area contributed by atoms with Gasteiger partial charge in [0.2, 0.25) is 5.91 Å². The van der Waals surface area contributed by atoms with Crippen LogP contribution in [-0.4, -0.2) is 36.7 Å². The molecule has 1 aliphatic heterocycles. The van der Waals surface area contributed by atoms with E-state index >= 15 is 0 Å². The molecule has 1 aromatic carbocycles. The molecule has 5 nitrogen and oxygen atoms in total. The van der Waals surface area contributed by atoms with Crippen molar-refractivity contribution in [2.75, 3.05) is 25.1 Å². The number of hydrogen-bond acceptors (Lipinski definition) is 5. The van der Waals surface area contributed by atoms with Gasteiger partial charge in [0, 0.05) is 42.6 Å². The van der Waals surface area contributed by atoms with Crippen LogP contribution in [0.25, 0.3) is 0 Å². The van der Waals surface area contributed by atoms with Crippen molar-refractivity contribution in [3.05, 3.63) is 46.5 Å². The summed E-state index contributed by atoms with van der Waals surface area (Å²) in [4.78, 5) is 16.9. The van der Waals surface area contributed by atoms with E-state index in [0.29, 0.717) is 36.8 Å². The number of amides is 1. The molecule has 25 heavy (non-hydrogen) atoms. The first-order chi connectivity index (χ1) is 11.6. The number of benzene rings is 1. The van der Waals surface area contributed by atoms with Gasteiger partial charge in [-0.2, -0.15) is 0 Å². The van der Waals surface area contributed by atoms with Gasteiger partial charge >= 0.3 is 0 Å². The van der Waals surface area contributed by atoms with Crippen LogP contribution in [0, 0.1) is 11.6 Å². The molecule has 1 amide bonds. The summed E-state index contributed by atoms with van der Waals surface area (Å²) in [5.74, 6) is -1.34. The average molecular weight is 390 g/mol. The van der Waals surface area contributed by atoms with Crippen molar-refractivity contribution < 1.29 is 18.3 Å². The first-order valence-corrected chi connectivity index (χ1v) is 8.41. The lowest BCUT2D eigenvalue weighted by Crippen LogP contribution is -2.43. The summed E-state index contributed by atoms with van der Waals surface area (Å²) in [6.07, 6.45) is 2.20. The van der Waals surface area contributed by atoms with Gasteiger partial charge in [-0.15, -0.1) is 23.7 Å². The normalized spacial score (nSPS) is 17.0. The Hall–Kier alpha value is -1.61. The van der Waals surface area contributed by atoms with Gasteiger partial charge in [-0.05, 0) is 11.6 Å². The monoisotopic (exact) mass is 389 g/mol. The molecule has 0 aliphatic carbocycles. The standard InChI is InChI=1S/C16H17F2N3O2S.ClH/c17-11-2-1-10(14(18)6-11)5-13-8-20-16(24-13)21-15(22)7-12-9-23-4-3-19-12;/h1-2,6,8,12,19H,3-5,7,9H2,(H,20,21,22);1H. The van der Waals surface area contributed by atoms with Gasteiger partial charge in [-0.1, -0.05) is 6.07 Å². The fourth-order valence-electron chi connectivity index (χ4n) is 2.44. The summed E-state index contributed by atoms with van der Waals surface area (Å²) in [6, 6.07) is 3.50. The van der Waals surface area contributed by atoms with Gasteiger partial charge in [-0.25, -0.2) is 13.8 Å². The summed E-state index contributed by atoms with van der Waals surface area (Å²) >= 11 is 1.28. The van der Waals surface area contributed by atoms with E-state index in [2.05, 4.69) is 15.6 Å². The fraction of sp³-hybridized carbons (Fsp3) is 0.375. The number of nitrogens with one attached hydrogen (secondary N) is 2. The summed E-state index contributed by atoms with van der Waals surface area (Å²) in [5.41, 5.74) is 0.390. The van der Waals surface area contributed by atoms with Crippen molar-refractivity contribution in [2.45, 2.75) is 18.9 Å². The Balaban J connectivity index is 0.00000225. The van der Waals surface area contributed by atoms with Crippen molar-refractivity contribution in [3.8, 4) is 0 Å². The largest absolute Gasteiger partial charge is 0.378 e. The molecule has 9 heteroatoms. The molecule has 136 valence electrons. The summed E-state index contributed by atoms with van der Waals surface area (Å²) < 4.78 is 31.9. The summed E-state index contributed by atoms with van der Waals surface area (Å²) in [5, 5.41) is 6.41. The van der Waals surface area contributed by atoms with E-state index in [1.165, 1.54) is 23.5 Å². The molecule has 0 bridgehead atoms. The minimum Gasteiger partial charge on any atom is -0.378 e. The van der Waals surface area contributed by atoms with Gasteiger partial charge in [0.15, 0.2) is 5.13 Å². The zero-order chi connectivity index (χ0) is 16.9. The molecule has 1 aliphatic rings. The van der Waals surface area contributed by atoms with Crippen LogP contribution in [-0.2, 0) is 16.0 Å². The highest BCUT2D eigenvalue weighted by molar-refractivity contribution is 7.15. The second kappa shape index (κ2) is 9.19. The van der Waals surface area contributed by atoms with Gasteiger partial charge in [-0.3, -0.25) is 4.79 Å². The molecule has 2 aromatic rings. The van der Waals surface area contributed by atoms with Gasteiger partial charge in [0.25, 0.3) is 0 Å². The molecule has 1 aromatic heterocycles. The number of hydrogen-bond donors (Lipinski definition) is 2. The van der Waals surface area contributed by atoms with Crippen LogP contribution in [0.5, 0.6) is 0 Å². The minimum absolute atomic E-state index is 0. The molecule has 1 fully saturated rings. The number of halogens is 3. The van der Waals surface area contributed by atoms with E-state index < -0.39 is 11.6 Å². The lowest BCUT2D eigenvalue weighted by Gasteiger charge is -2.22. The predicted molar refractivity (Wildman–Crippen MR) is 94.4 cm³/mol. The highest BCUT2D eigenvalue weighted by Crippen LogP contribution is 2.23. The van der Waals surface area contributed by atoms with Gasteiger partial charge < -0.3 is 15.4 Å². The highest BCUT2D eigenvalue weighted by Gasteiger charge is 2.17. The second-order valence-corrected chi connectivity index (χ2v) is 6.64. The second-order valence-electron chi connectivity index (χ2n) is 5.52. The predicted octanol–water partition coefficient (Wildman–Crippen LogP) is 2.75. The maximum Gasteiger partial charge on any atom is 0.227 e. The molecule has 0 radical (unpaired) electrons. The number of morpholine rings is 1. The number of aromatic nitrogens is 1. The Bertz CT molecular complexity index is 723. The number of carbonyl (C=O) groups excluding carboxylic acids is 1. The molecule has 2 N–H and O–H groups in total. The number of carbonyl (C=O) groups is 1. The fourth-order valence-corrected chi connectivity index (χ4v) is 3.30. The van der Waals surface area contributed by atoms with Crippen LogP contribution in [0.2, 0.25) is 0 Å². The van der Waals surface area contributed by atoms with Crippen LogP contribution in [0.3, 0.4) is 0 Å². The Labute approximate surface area is 154 Å². The molecule has 1 saturated heterocycles. The third-order valence-electron chi connectivity index (χ3n) is 3.61. The quantitative estimate of drug-likeness (QED) is 0.825. The number of ether oxygens (including phenoxy) is 1. The Morgan fingerprint density at radius 3 is 3.00 bits per heavy atom. The van der Waals surface area contributed by atoms with Crippen molar-refractivity contribution in [2.24, 2.45) is 0 Å². The topological polar surface area (TPSA) is 63.2 Å². The van der Waals surface area contributed by atoms with E-state index in [-0.39, 0.29) is 24.4 Å². The Kier molecular flexibility index (Phi) is 7.24. The number of thiazole rings is 1. The third kappa shape index (κ3) is 5.71. The van der Waals surface area contributed by atoms with Crippen LogP contribution in [0.4, 0.5) is 13.9 Å². The van der Waals surface area contributed by atoms with E-state index in [1.807, 2.05) is 0 Å². The Morgan fingerprint density at radius 1 is 1.44 bits per heavy atom. The van der Waals surface area contributed by atoms with Crippen LogP contribution < -0.4 is 10.6 Å². The van der Waals surface area contributed by atoms with Crippen LogP contribution in [0.1, 0.15) is 16.9 Å². The molecule has 1 atom stereocenters. The lowest BCUT2D eigenvalue weighted by molar-refractivity contribution is -0.117. The zero-order valence-electron chi connectivity index (χ0n) is 13.3. The first-order valence-electron chi connectivity index (χ1n) is 7.60. The molecular formula is C16H18ClF2N3O2S. The zero-order valence-corrected chi connectivity index (χ0v) is 14.9. The molecule has 1 unspecified atom stereocenters. The van der Waals surface area contributed by atoms with E-state index in [0.717, 1.165) is 17.5 Å². The van der Waals surface area contributed by atoms with Crippen molar-refractivity contribution in [1.82, 2.24) is 10.3 Å². The van der Waals surface area contributed by atoms with Crippen molar-refractivity contribution >= 4 is 34.8 Å². The molecule has 3 rings (SSSR count). The minimum atomic E-state index is -0.603. The van der Waals surface area contributed by atoms with Gasteiger partial charge in [0.1, 0.15) is 11.6 Å². The molecular weight excluding hydrogens is 372 g/mol. The lowest BCUT2D eigenvalue weighted by atomic mass is 10.1. The van der Waals surface area contributed by atoms with E-state index in [1.54, 1.807) is 6.20 Å². The maximum atomic E-state index is 13.7. The first kappa shape index (κ1) is 19.7. The van der Waals surface area contributed by atoms with E-state index in [4.69, 9.17) is 4.74 Å². The number of rotatable bonds is 5. The number of nitrogens with zero attached hydrogens (tertiary/aromatic N) is 1. The van der Waals surface area contributed by atoms with Crippen LogP contribution in [0.15, 0.2) is 24.4 Å². The average Bonchev–Trinajstić information content (AvgIpc) is 2.98. The van der Waals surface area contributed by atoms with Crippen LogP contribution >= 0.6 is 23.7 Å².